The van der Waals surface area contributed by atoms with Gasteiger partial charge in [-0.2, -0.15) is 0 Å². The molecule has 1 aliphatic carbocycles. The highest BCUT2D eigenvalue weighted by Gasteiger charge is 2.23. The van der Waals surface area contributed by atoms with Gasteiger partial charge in [0.1, 0.15) is 11.6 Å². The monoisotopic (exact) mass is 1040 g/mol. The van der Waals surface area contributed by atoms with Crippen molar-refractivity contribution in [1.29, 1.82) is 0 Å². The third kappa shape index (κ3) is 7.93. The van der Waals surface area contributed by atoms with E-state index in [0.29, 0.717) is 5.82 Å². The predicted molar refractivity (Wildman–Crippen MR) is 341 cm³/mol. The molecule has 10 aromatic carbocycles. The van der Waals surface area contributed by atoms with Gasteiger partial charge in [0, 0.05) is 66.1 Å². The molecular weight excluding hydrogens is 985 g/mol. The van der Waals surface area contributed by atoms with Gasteiger partial charge in [0.05, 0.1) is 44.1 Å². The number of hydrogen-bond acceptors (Lipinski definition) is 2. The van der Waals surface area contributed by atoms with E-state index in [2.05, 4.69) is 286 Å². The first-order valence-electron chi connectivity index (χ1n) is 28.2. The SMILES string of the molecule is CC.CC1=CC(c2ccc3c(c2)c2cc(-n4c5ccccc5c5ccccc54)ccc2n3-c2cc(-n3c4ccc(Cc5ccccc5)cc4c4cc(-n5c6ccccc6c6ccccc65)ccc43)nc(-c3ccccc3)n2)=CCC=C1. The Bertz CT molecular complexity index is 4970. The maximum absolute atomic E-state index is 5.57. The zero-order chi connectivity index (χ0) is 54.1. The Balaban J connectivity index is 0.00000279. The van der Waals surface area contributed by atoms with E-state index in [4.69, 9.17) is 9.97 Å². The van der Waals surface area contributed by atoms with Crippen LogP contribution in [0.1, 0.15) is 43.9 Å². The molecule has 0 bridgehead atoms. The van der Waals surface area contributed by atoms with Crippen LogP contribution in [0, 0.1) is 0 Å². The molecule has 16 rings (SSSR count). The van der Waals surface area contributed by atoms with Crippen LogP contribution in [0.15, 0.2) is 266 Å². The second kappa shape index (κ2) is 19.6. The lowest BCUT2D eigenvalue weighted by Crippen LogP contribution is -2.06. The molecule has 0 radical (unpaired) electrons. The normalized spacial score (nSPS) is 12.7. The summed E-state index contributed by atoms with van der Waals surface area (Å²) in [5.74, 6) is 2.22. The third-order valence-corrected chi connectivity index (χ3v) is 16.2. The standard InChI is InChI=1S/C73H50N6.C2H6/c1-47-18-8-9-23-51(40-47)52-33-37-68-60(43-52)62-45-54(77-65-30-16-12-26-57(65)58-27-13-17-31-66(58)77)35-39-70(62)79(68)72-46-71(74-73(75-72)50-21-6-3-7-22-50)78-67-36-32-49(41-48-19-4-2-5-20-48)42-59(67)61-44-53(34-38-69(61)78)76-63-28-14-10-24-55(63)56-25-11-15-29-64(56)76;1-2/h2-8,10-40,42-46H,9,41H2,1H3;1-2H3. The molecule has 81 heavy (non-hydrogen) atoms. The van der Waals surface area contributed by atoms with Crippen molar-refractivity contribution in [2.75, 3.05) is 0 Å². The van der Waals surface area contributed by atoms with Crippen molar-refractivity contribution in [2.45, 2.75) is 33.6 Å². The molecule has 5 aromatic heterocycles. The van der Waals surface area contributed by atoms with Crippen LogP contribution in [0.2, 0.25) is 0 Å². The molecule has 1 aliphatic rings. The van der Waals surface area contributed by atoms with Crippen LogP contribution in [-0.2, 0) is 6.42 Å². The molecule has 0 saturated heterocycles. The smallest absolute Gasteiger partial charge is 0.163 e. The number of aromatic nitrogens is 6. The minimum atomic E-state index is 0.649. The van der Waals surface area contributed by atoms with Gasteiger partial charge in [-0.05, 0) is 127 Å². The van der Waals surface area contributed by atoms with E-state index in [0.717, 1.165) is 79.6 Å². The van der Waals surface area contributed by atoms with Gasteiger partial charge in [-0.1, -0.05) is 189 Å². The minimum absolute atomic E-state index is 0.649. The molecule has 0 fully saturated rings. The van der Waals surface area contributed by atoms with E-state index in [1.165, 1.54) is 76.8 Å². The van der Waals surface area contributed by atoms with Crippen LogP contribution in [0.4, 0.5) is 0 Å². The summed E-state index contributed by atoms with van der Waals surface area (Å²) in [6.45, 7) is 6.18. The van der Waals surface area contributed by atoms with Crippen molar-refractivity contribution in [1.82, 2.24) is 28.2 Å². The van der Waals surface area contributed by atoms with Crippen molar-refractivity contribution in [3.8, 4) is 34.4 Å². The fourth-order valence-electron chi connectivity index (χ4n) is 12.7. The van der Waals surface area contributed by atoms with Gasteiger partial charge in [0.2, 0.25) is 0 Å². The summed E-state index contributed by atoms with van der Waals surface area (Å²) in [6.07, 6.45) is 10.8. The average Bonchev–Trinajstić information content (AvgIpc) is 3.55. The first kappa shape index (κ1) is 47.9. The predicted octanol–water partition coefficient (Wildman–Crippen LogP) is 19.4. The fourth-order valence-corrected chi connectivity index (χ4v) is 12.7. The number of allylic oxidation sites excluding steroid dienone is 6. The molecule has 6 nitrogen and oxygen atoms in total. The first-order chi connectivity index (χ1) is 40.1. The zero-order valence-electron chi connectivity index (χ0n) is 45.4. The molecule has 0 N–H and O–H groups in total. The van der Waals surface area contributed by atoms with Crippen molar-refractivity contribution < 1.29 is 0 Å². The molecule has 5 heterocycles. The van der Waals surface area contributed by atoms with Crippen LogP contribution in [-0.4, -0.2) is 28.2 Å². The summed E-state index contributed by atoms with van der Waals surface area (Å²) in [4.78, 5) is 11.1. The van der Waals surface area contributed by atoms with Crippen molar-refractivity contribution in [3.05, 3.63) is 283 Å². The highest BCUT2D eigenvalue weighted by atomic mass is 15.1. The quantitative estimate of drug-likeness (QED) is 0.152. The van der Waals surface area contributed by atoms with Crippen LogP contribution >= 0.6 is 0 Å². The molecule has 0 saturated carbocycles. The van der Waals surface area contributed by atoms with Gasteiger partial charge in [-0.15, -0.1) is 0 Å². The second-order valence-electron chi connectivity index (χ2n) is 21.0. The van der Waals surface area contributed by atoms with Gasteiger partial charge in [0.15, 0.2) is 5.82 Å². The molecule has 386 valence electrons. The van der Waals surface area contributed by atoms with E-state index >= 15 is 0 Å². The highest BCUT2D eigenvalue weighted by molar-refractivity contribution is 6.14. The molecule has 0 unspecified atom stereocenters. The average molecular weight is 1040 g/mol. The van der Waals surface area contributed by atoms with Crippen LogP contribution in [0.3, 0.4) is 0 Å². The van der Waals surface area contributed by atoms with Gasteiger partial charge < -0.3 is 9.13 Å². The Morgan fingerprint density at radius 2 is 0.790 bits per heavy atom. The summed E-state index contributed by atoms with van der Waals surface area (Å²) in [7, 11) is 0. The van der Waals surface area contributed by atoms with E-state index in [9.17, 15) is 0 Å². The van der Waals surface area contributed by atoms with Gasteiger partial charge in [-0.25, -0.2) is 9.97 Å². The van der Waals surface area contributed by atoms with Crippen LogP contribution < -0.4 is 0 Å². The number of hydrogen-bond donors (Lipinski definition) is 0. The molecule has 0 amide bonds. The molecule has 0 atom stereocenters. The van der Waals surface area contributed by atoms with E-state index in [-0.39, 0.29) is 0 Å². The Morgan fingerprint density at radius 1 is 0.358 bits per heavy atom. The van der Waals surface area contributed by atoms with Crippen LogP contribution in [0.25, 0.3) is 127 Å². The third-order valence-electron chi connectivity index (χ3n) is 16.2. The summed E-state index contributed by atoms with van der Waals surface area (Å²) in [5.41, 5.74) is 18.3. The molecule has 15 aromatic rings. The molecule has 0 aliphatic heterocycles. The highest BCUT2D eigenvalue weighted by Crippen LogP contribution is 2.41. The van der Waals surface area contributed by atoms with Crippen LogP contribution in [0.5, 0.6) is 0 Å². The van der Waals surface area contributed by atoms with E-state index in [1.807, 2.05) is 13.8 Å². The Morgan fingerprint density at radius 3 is 1.32 bits per heavy atom. The zero-order valence-corrected chi connectivity index (χ0v) is 45.4. The summed E-state index contributed by atoms with van der Waals surface area (Å²) in [6, 6.07) is 86.2. The maximum atomic E-state index is 5.57. The van der Waals surface area contributed by atoms with Gasteiger partial charge in [0.25, 0.3) is 0 Å². The summed E-state index contributed by atoms with van der Waals surface area (Å²) < 4.78 is 9.55. The van der Waals surface area contributed by atoms with Crippen molar-refractivity contribution in [3.63, 3.8) is 0 Å². The number of nitrogens with zero attached hydrogens (tertiary/aromatic N) is 6. The van der Waals surface area contributed by atoms with Gasteiger partial charge >= 0.3 is 0 Å². The summed E-state index contributed by atoms with van der Waals surface area (Å²) in [5, 5.41) is 9.57. The molecule has 6 heteroatoms. The first-order valence-corrected chi connectivity index (χ1v) is 28.2. The van der Waals surface area contributed by atoms with E-state index in [1.54, 1.807) is 0 Å². The number of benzene rings is 10. The topological polar surface area (TPSA) is 45.5 Å². The lowest BCUT2D eigenvalue weighted by atomic mass is 10.0. The Kier molecular flexibility index (Phi) is 11.6. The second-order valence-corrected chi connectivity index (χ2v) is 21.0. The summed E-state index contributed by atoms with van der Waals surface area (Å²) >= 11 is 0. The number of rotatable bonds is 8. The lowest BCUT2D eigenvalue weighted by Gasteiger charge is -2.15. The van der Waals surface area contributed by atoms with Crippen molar-refractivity contribution in [2.24, 2.45) is 0 Å². The van der Waals surface area contributed by atoms with Gasteiger partial charge in [-0.3, -0.25) is 9.13 Å². The molecular formula is C75H56N6. The largest absolute Gasteiger partial charge is 0.309 e. The number of fused-ring (bicyclic) bond motifs is 12. The Hall–Kier alpha value is -10.3. The number of para-hydroxylation sites is 4. The molecule has 0 spiro atoms. The van der Waals surface area contributed by atoms with Crippen molar-refractivity contribution >= 4 is 92.8 Å². The Labute approximate surface area is 469 Å². The van der Waals surface area contributed by atoms with E-state index < -0.39 is 0 Å². The minimum Gasteiger partial charge on any atom is -0.309 e. The maximum Gasteiger partial charge on any atom is 0.163 e. The fraction of sp³-hybridized carbons (Fsp3) is 0.0667. The lowest BCUT2D eigenvalue weighted by molar-refractivity contribution is 0.993.